The molecular formula is C14H27N3S. The maximum atomic E-state index is 4.18. The Kier molecular flexibility index (Phi) is 9.04. The molecule has 1 aromatic heterocycles. The summed E-state index contributed by atoms with van der Waals surface area (Å²) >= 11 is 1.45. The van der Waals surface area contributed by atoms with Crippen LogP contribution in [-0.2, 0) is 0 Å². The molecule has 4 heteroatoms. The van der Waals surface area contributed by atoms with Crippen molar-refractivity contribution in [1.82, 2.24) is 14.9 Å². The number of aromatic nitrogens is 2. The third kappa shape index (κ3) is 6.45. The second-order valence-electron chi connectivity index (χ2n) is 4.85. The summed E-state index contributed by atoms with van der Waals surface area (Å²) in [7, 11) is 0. The quantitative estimate of drug-likeness (QED) is 0.608. The first kappa shape index (κ1) is 15.6. The number of hydrogen-bond acceptors (Lipinski definition) is 4. The van der Waals surface area contributed by atoms with Gasteiger partial charge in [0.1, 0.15) is 0 Å². The predicted octanol–water partition coefficient (Wildman–Crippen LogP) is 4.33. The highest BCUT2D eigenvalue weighted by molar-refractivity contribution is 7.03. The first-order valence-corrected chi connectivity index (χ1v) is 8.22. The molecule has 1 rings (SSSR count). The maximum absolute atomic E-state index is 4.18. The van der Waals surface area contributed by atoms with Crippen molar-refractivity contribution in [3.63, 3.8) is 0 Å². The molecule has 0 aliphatic rings. The van der Waals surface area contributed by atoms with E-state index in [1.54, 1.807) is 0 Å². The summed E-state index contributed by atoms with van der Waals surface area (Å²) in [5, 5.41) is 9.75. The van der Waals surface area contributed by atoms with Crippen LogP contribution in [0.3, 0.4) is 0 Å². The van der Waals surface area contributed by atoms with Crippen molar-refractivity contribution in [1.29, 1.82) is 0 Å². The van der Waals surface area contributed by atoms with Crippen LogP contribution >= 0.6 is 11.5 Å². The highest BCUT2D eigenvalue weighted by atomic mass is 32.1. The van der Waals surface area contributed by atoms with E-state index < -0.39 is 0 Å². The summed E-state index contributed by atoms with van der Waals surface area (Å²) in [4.78, 5) is 0. The Balaban J connectivity index is 2.11. The van der Waals surface area contributed by atoms with Gasteiger partial charge in [0.2, 0.25) is 0 Å². The molecule has 0 bridgehead atoms. The molecule has 0 aromatic carbocycles. The van der Waals surface area contributed by atoms with Gasteiger partial charge >= 0.3 is 0 Å². The van der Waals surface area contributed by atoms with Gasteiger partial charge in [-0.1, -0.05) is 63.3 Å². The Labute approximate surface area is 116 Å². The summed E-state index contributed by atoms with van der Waals surface area (Å²) < 4.78 is 3.96. The molecule has 0 saturated heterocycles. The van der Waals surface area contributed by atoms with Crippen LogP contribution in [0.4, 0.5) is 0 Å². The molecule has 1 atom stereocenters. The van der Waals surface area contributed by atoms with Crippen molar-refractivity contribution >= 4 is 11.5 Å². The highest BCUT2D eigenvalue weighted by Gasteiger charge is 2.12. The van der Waals surface area contributed by atoms with Gasteiger partial charge in [-0.25, -0.2) is 0 Å². The second-order valence-corrected chi connectivity index (χ2v) is 5.46. The topological polar surface area (TPSA) is 37.8 Å². The number of rotatable bonds is 11. The van der Waals surface area contributed by atoms with Crippen LogP contribution in [-0.4, -0.2) is 16.1 Å². The molecule has 0 fully saturated rings. The van der Waals surface area contributed by atoms with E-state index in [0.717, 1.165) is 12.2 Å². The normalized spacial score (nSPS) is 12.8. The Bertz CT molecular complexity index is 275. The van der Waals surface area contributed by atoms with Gasteiger partial charge in [0, 0.05) is 5.38 Å². The van der Waals surface area contributed by atoms with Crippen LogP contribution in [0.1, 0.15) is 76.9 Å². The molecule has 0 aliphatic carbocycles. The lowest BCUT2D eigenvalue weighted by Gasteiger charge is -2.14. The van der Waals surface area contributed by atoms with Gasteiger partial charge in [-0.2, -0.15) is 0 Å². The molecule has 0 aliphatic heterocycles. The number of unbranched alkanes of at least 4 members (excludes halogenated alkanes) is 6. The Morgan fingerprint density at radius 2 is 1.83 bits per heavy atom. The van der Waals surface area contributed by atoms with E-state index in [1.165, 1.54) is 62.9 Å². The van der Waals surface area contributed by atoms with Gasteiger partial charge in [-0.3, -0.25) is 0 Å². The lowest BCUT2D eigenvalue weighted by Crippen LogP contribution is -2.21. The SMILES string of the molecule is CCCCCCCCCC(NCC)c1csnn1. The monoisotopic (exact) mass is 269 g/mol. The third-order valence-electron chi connectivity index (χ3n) is 3.28. The van der Waals surface area contributed by atoms with Crippen LogP contribution in [0, 0.1) is 0 Å². The molecule has 1 heterocycles. The average Bonchev–Trinajstić information content (AvgIpc) is 2.90. The standard InChI is InChI=1S/C14H27N3S/c1-3-5-6-7-8-9-10-11-13(15-4-2)14-12-18-17-16-14/h12-13,15H,3-11H2,1-2H3. The van der Waals surface area contributed by atoms with E-state index in [-0.39, 0.29) is 0 Å². The summed E-state index contributed by atoms with van der Waals surface area (Å²) in [5.41, 5.74) is 1.12. The zero-order chi connectivity index (χ0) is 13.1. The Morgan fingerprint density at radius 3 is 2.44 bits per heavy atom. The fraction of sp³-hybridized carbons (Fsp3) is 0.857. The molecule has 0 saturated carbocycles. The van der Waals surface area contributed by atoms with Gasteiger partial charge in [0.05, 0.1) is 11.7 Å². The third-order valence-corrected chi connectivity index (χ3v) is 3.80. The van der Waals surface area contributed by atoms with Crippen LogP contribution < -0.4 is 5.32 Å². The minimum Gasteiger partial charge on any atom is -0.309 e. The smallest absolute Gasteiger partial charge is 0.0924 e. The maximum Gasteiger partial charge on any atom is 0.0924 e. The molecule has 0 amide bonds. The summed E-state index contributed by atoms with van der Waals surface area (Å²) in [6.07, 6.45) is 10.7. The lowest BCUT2D eigenvalue weighted by molar-refractivity contribution is 0.467. The number of nitrogens with one attached hydrogen (secondary N) is 1. The lowest BCUT2D eigenvalue weighted by atomic mass is 10.0. The molecule has 104 valence electrons. The second kappa shape index (κ2) is 10.4. The van der Waals surface area contributed by atoms with Gasteiger partial charge in [0.15, 0.2) is 0 Å². The molecule has 0 radical (unpaired) electrons. The Morgan fingerprint density at radius 1 is 1.11 bits per heavy atom. The molecular weight excluding hydrogens is 242 g/mol. The average molecular weight is 269 g/mol. The van der Waals surface area contributed by atoms with Crippen molar-refractivity contribution in [2.75, 3.05) is 6.54 Å². The van der Waals surface area contributed by atoms with Crippen LogP contribution in [0.15, 0.2) is 5.38 Å². The van der Waals surface area contributed by atoms with E-state index in [1.807, 2.05) is 0 Å². The van der Waals surface area contributed by atoms with Crippen LogP contribution in [0.2, 0.25) is 0 Å². The van der Waals surface area contributed by atoms with E-state index in [4.69, 9.17) is 0 Å². The van der Waals surface area contributed by atoms with Crippen molar-refractivity contribution < 1.29 is 0 Å². The number of hydrogen-bond donors (Lipinski definition) is 1. The molecule has 3 nitrogen and oxygen atoms in total. The highest BCUT2D eigenvalue weighted by Crippen LogP contribution is 2.19. The predicted molar refractivity (Wildman–Crippen MR) is 78.9 cm³/mol. The first-order valence-electron chi connectivity index (χ1n) is 7.38. The summed E-state index contributed by atoms with van der Waals surface area (Å²) in [5.74, 6) is 0. The molecule has 1 N–H and O–H groups in total. The van der Waals surface area contributed by atoms with Crippen molar-refractivity contribution in [3.05, 3.63) is 11.1 Å². The Hall–Kier alpha value is -0.480. The van der Waals surface area contributed by atoms with Gasteiger partial charge < -0.3 is 5.32 Å². The summed E-state index contributed by atoms with van der Waals surface area (Å²) in [6, 6.07) is 0.407. The minimum atomic E-state index is 0.407. The van der Waals surface area contributed by atoms with E-state index in [0.29, 0.717) is 6.04 Å². The van der Waals surface area contributed by atoms with Crippen molar-refractivity contribution in [2.45, 2.75) is 71.3 Å². The molecule has 1 unspecified atom stereocenters. The summed E-state index contributed by atoms with van der Waals surface area (Å²) in [6.45, 7) is 5.42. The zero-order valence-corrected chi connectivity index (χ0v) is 12.6. The van der Waals surface area contributed by atoms with E-state index in [2.05, 4.69) is 34.1 Å². The van der Waals surface area contributed by atoms with Crippen LogP contribution in [0.5, 0.6) is 0 Å². The van der Waals surface area contributed by atoms with Gasteiger partial charge in [-0.15, -0.1) is 5.10 Å². The van der Waals surface area contributed by atoms with Crippen molar-refractivity contribution in [3.8, 4) is 0 Å². The van der Waals surface area contributed by atoms with E-state index in [9.17, 15) is 0 Å². The number of nitrogens with zero attached hydrogens (tertiary/aromatic N) is 2. The molecule has 18 heavy (non-hydrogen) atoms. The minimum absolute atomic E-state index is 0.407. The first-order chi connectivity index (χ1) is 8.88. The fourth-order valence-electron chi connectivity index (χ4n) is 2.23. The van der Waals surface area contributed by atoms with Gasteiger partial charge in [-0.05, 0) is 24.5 Å². The van der Waals surface area contributed by atoms with E-state index >= 15 is 0 Å². The largest absolute Gasteiger partial charge is 0.309 e. The van der Waals surface area contributed by atoms with Crippen LogP contribution in [0.25, 0.3) is 0 Å². The fourth-order valence-corrected chi connectivity index (χ4v) is 2.74. The zero-order valence-electron chi connectivity index (χ0n) is 11.8. The van der Waals surface area contributed by atoms with Gasteiger partial charge in [0.25, 0.3) is 0 Å². The van der Waals surface area contributed by atoms with Crippen molar-refractivity contribution in [2.24, 2.45) is 0 Å². The molecule has 1 aromatic rings. The molecule has 0 spiro atoms.